The SMILES string of the molecule is COc1nc2c(c(N3CCCn4nc(C(=O)N(C)C)c(Cl)c4C3)n1)COC(c1nc(N)nc(C)c1C(F)(F)F)C2.FC1CC2CCCN2C1. The number of hydrogen-bond acceptors (Lipinski definition) is 11. The Morgan fingerprint density at radius 1 is 1.12 bits per heavy atom. The Bertz CT molecular complexity index is 1710. The van der Waals surface area contributed by atoms with E-state index in [2.05, 4.69) is 29.9 Å². The van der Waals surface area contributed by atoms with Crippen molar-refractivity contribution in [1.82, 2.24) is 39.5 Å². The van der Waals surface area contributed by atoms with E-state index in [1.165, 1.54) is 31.8 Å². The number of rotatable bonds is 4. The minimum Gasteiger partial charge on any atom is -0.467 e. The van der Waals surface area contributed by atoms with Crippen molar-refractivity contribution in [3.05, 3.63) is 44.6 Å². The highest BCUT2D eigenvalue weighted by Gasteiger charge is 2.41. The normalized spacial score (nSPS) is 22.1. The number of fused-ring (bicyclic) bond motifs is 3. The van der Waals surface area contributed by atoms with Crippen LogP contribution in [-0.4, -0.2) is 98.5 Å². The Morgan fingerprint density at radius 3 is 2.59 bits per heavy atom. The van der Waals surface area contributed by atoms with Crippen LogP contribution in [0.25, 0.3) is 0 Å². The molecular weight excluding hydrogens is 672 g/mol. The number of amides is 1. The standard InChI is InChI=1S/C24H27ClF3N9O3.C7H12FN/c1-11-16(24(26,27)28)18(32-22(29)30-11)15-8-13-12(10-40-15)20(33-23(31-13)39-4)36-6-5-7-37-14(9-36)17(25)19(34-37)21(38)35(2)3;8-6-4-7-2-1-3-9(7)5-6/h15H,5-10H2,1-4H3,(H2,29,30,32);6-7H,1-5H2. The fourth-order valence-electron chi connectivity index (χ4n) is 7.00. The maximum absolute atomic E-state index is 13.9. The van der Waals surface area contributed by atoms with Crippen LogP contribution in [0.5, 0.6) is 6.01 Å². The van der Waals surface area contributed by atoms with Crippen LogP contribution in [0.15, 0.2) is 0 Å². The molecule has 3 aromatic rings. The number of nitrogens with two attached hydrogens (primary N) is 1. The maximum Gasteiger partial charge on any atom is 0.420 e. The summed E-state index contributed by atoms with van der Waals surface area (Å²) >= 11 is 6.62. The fourth-order valence-corrected chi connectivity index (χ4v) is 7.27. The van der Waals surface area contributed by atoms with Crippen LogP contribution in [-0.2, 0) is 37.0 Å². The summed E-state index contributed by atoms with van der Waals surface area (Å²) in [6.45, 7) is 4.39. The zero-order valence-electron chi connectivity index (χ0n) is 27.7. The summed E-state index contributed by atoms with van der Waals surface area (Å²) in [4.78, 5) is 34.8. The third kappa shape index (κ3) is 7.10. The van der Waals surface area contributed by atoms with Crippen LogP contribution in [0.4, 0.5) is 29.3 Å². The number of aromatic nitrogens is 6. The Morgan fingerprint density at radius 2 is 1.90 bits per heavy atom. The molecule has 0 bridgehead atoms. The van der Waals surface area contributed by atoms with Crippen molar-refractivity contribution in [3.8, 4) is 6.01 Å². The number of carbonyl (C=O) groups is 1. The first-order valence-corrected chi connectivity index (χ1v) is 16.5. The van der Waals surface area contributed by atoms with Crippen molar-refractivity contribution in [2.75, 3.05) is 51.5 Å². The van der Waals surface area contributed by atoms with Gasteiger partial charge in [-0.2, -0.15) is 28.2 Å². The molecule has 3 unspecified atom stereocenters. The second kappa shape index (κ2) is 13.8. The summed E-state index contributed by atoms with van der Waals surface area (Å²) < 4.78 is 67.4. The molecule has 4 aliphatic rings. The molecule has 0 spiro atoms. The van der Waals surface area contributed by atoms with Crippen LogP contribution in [0, 0.1) is 6.92 Å². The van der Waals surface area contributed by atoms with Gasteiger partial charge in [0.15, 0.2) is 5.69 Å². The molecule has 13 nitrogen and oxygen atoms in total. The molecule has 18 heteroatoms. The lowest BCUT2D eigenvalue weighted by Crippen LogP contribution is -2.29. The Balaban J connectivity index is 0.000000396. The quantitative estimate of drug-likeness (QED) is 0.391. The first-order valence-electron chi connectivity index (χ1n) is 16.1. The van der Waals surface area contributed by atoms with Crippen molar-refractivity contribution in [1.29, 1.82) is 0 Å². The third-order valence-corrected chi connectivity index (χ3v) is 9.66. The molecule has 7 heterocycles. The lowest BCUT2D eigenvalue weighted by molar-refractivity contribution is -0.141. The molecule has 0 saturated carbocycles. The van der Waals surface area contributed by atoms with E-state index in [9.17, 15) is 22.4 Å². The number of methoxy groups -OCH3 is 1. The number of alkyl halides is 4. The number of ether oxygens (including phenoxy) is 2. The van der Waals surface area contributed by atoms with E-state index in [0.29, 0.717) is 54.9 Å². The van der Waals surface area contributed by atoms with Crippen LogP contribution in [0.1, 0.15) is 76.2 Å². The Labute approximate surface area is 285 Å². The van der Waals surface area contributed by atoms with Gasteiger partial charge in [-0.15, -0.1) is 0 Å². The third-order valence-electron chi connectivity index (χ3n) is 9.26. The van der Waals surface area contributed by atoms with E-state index < -0.39 is 24.0 Å². The summed E-state index contributed by atoms with van der Waals surface area (Å²) in [5, 5.41) is 4.69. The van der Waals surface area contributed by atoms with E-state index in [1.807, 2.05) is 4.90 Å². The van der Waals surface area contributed by atoms with Gasteiger partial charge < -0.3 is 25.0 Å². The van der Waals surface area contributed by atoms with Gasteiger partial charge in [-0.25, -0.2) is 14.4 Å². The molecule has 7 rings (SSSR count). The molecule has 0 aliphatic carbocycles. The fraction of sp³-hybridized carbons (Fsp3) is 0.613. The topological polar surface area (TPSA) is 141 Å². The predicted octanol–water partition coefficient (Wildman–Crippen LogP) is 4.15. The molecule has 0 radical (unpaired) electrons. The van der Waals surface area contributed by atoms with Crippen molar-refractivity contribution in [2.24, 2.45) is 0 Å². The molecule has 0 aromatic carbocycles. The predicted molar refractivity (Wildman–Crippen MR) is 171 cm³/mol. The van der Waals surface area contributed by atoms with Crippen LogP contribution in [0.3, 0.4) is 0 Å². The van der Waals surface area contributed by atoms with Gasteiger partial charge in [0.25, 0.3) is 5.91 Å². The molecular formula is C31H39ClF4N10O3. The highest BCUT2D eigenvalue weighted by Crippen LogP contribution is 2.41. The smallest absolute Gasteiger partial charge is 0.420 e. The van der Waals surface area contributed by atoms with Crippen LogP contribution >= 0.6 is 11.6 Å². The second-order valence-corrected chi connectivity index (χ2v) is 13.2. The van der Waals surface area contributed by atoms with Crippen LogP contribution in [0.2, 0.25) is 5.02 Å². The molecule has 3 aromatic heterocycles. The molecule has 2 fully saturated rings. The van der Waals surface area contributed by atoms with Gasteiger partial charge in [0.05, 0.1) is 48.1 Å². The van der Waals surface area contributed by atoms with E-state index >= 15 is 0 Å². The number of hydrogen-bond donors (Lipinski definition) is 1. The zero-order valence-corrected chi connectivity index (χ0v) is 28.5. The number of aryl methyl sites for hydroxylation is 2. The van der Waals surface area contributed by atoms with Gasteiger partial charge in [0, 0.05) is 51.8 Å². The molecule has 49 heavy (non-hydrogen) atoms. The van der Waals surface area contributed by atoms with Crippen LogP contribution < -0.4 is 15.4 Å². The summed E-state index contributed by atoms with van der Waals surface area (Å²) in [5.74, 6) is -0.0848. The van der Waals surface area contributed by atoms with Gasteiger partial charge in [0.1, 0.15) is 23.7 Å². The van der Waals surface area contributed by atoms with E-state index in [-0.39, 0.29) is 59.5 Å². The average Bonchev–Trinajstić information content (AvgIpc) is 3.66. The summed E-state index contributed by atoms with van der Waals surface area (Å²) in [6, 6.07) is 0.663. The zero-order chi connectivity index (χ0) is 35.2. The lowest BCUT2D eigenvalue weighted by atomic mass is 9.98. The first-order chi connectivity index (χ1) is 23.2. The monoisotopic (exact) mass is 710 g/mol. The second-order valence-electron chi connectivity index (χ2n) is 12.8. The Kier molecular flexibility index (Phi) is 9.88. The lowest BCUT2D eigenvalue weighted by Gasteiger charge is -2.31. The minimum absolute atomic E-state index is 0.0196. The highest BCUT2D eigenvalue weighted by molar-refractivity contribution is 6.34. The van der Waals surface area contributed by atoms with Gasteiger partial charge in [-0.05, 0) is 39.2 Å². The van der Waals surface area contributed by atoms with Gasteiger partial charge in [0.2, 0.25) is 5.95 Å². The van der Waals surface area contributed by atoms with E-state index in [4.69, 9.17) is 26.8 Å². The molecule has 3 atom stereocenters. The number of nitrogens with zero attached hydrogens (tertiary/aromatic N) is 9. The van der Waals surface area contributed by atoms with Crippen molar-refractivity contribution < 1.29 is 31.8 Å². The van der Waals surface area contributed by atoms with Crippen molar-refractivity contribution in [2.45, 2.75) is 83.2 Å². The number of nitrogen functional groups attached to an aromatic ring is 1. The summed E-state index contributed by atoms with van der Waals surface area (Å²) in [7, 11) is 4.65. The molecule has 2 N–H and O–H groups in total. The Hall–Kier alpha value is -3.83. The highest BCUT2D eigenvalue weighted by atomic mass is 35.5. The van der Waals surface area contributed by atoms with Crippen molar-refractivity contribution >= 4 is 29.3 Å². The van der Waals surface area contributed by atoms with Crippen molar-refractivity contribution in [3.63, 3.8) is 0 Å². The van der Waals surface area contributed by atoms with E-state index in [0.717, 1.165) is 13.0 Å². The van der Waals surface area contributed by atoms with Gasteiger partial charge in [-0.1, -0.05) is 11.6 Å². The number of carbonyl (C=O) groups excluding carboxylic acids is 1. The maximum atomic E-state index is 13.9. The number of halogens is 5. The first kappa shape index (κ1) is 35.0. The van der Waals surface area contributed by atoms with Gasteiger partial charge >= 0.3 is 12.2 Å². The summed E-state index contributed by atoms with van der Waals surface area (Å²) in [5.41, 5.74) is 5.99. The largest absolute Gasteiger partial charge is 0.467 e. The molecule has 2 saturated heterocycles. The average molecular weight is 711 g/mol. The molecule has 266 valence electrons. The molecule has 4 aliphatic heterocycles. The minimum atomic E-state index is -4.70. The molecule has 1 amide bonds. The van der Waals surface area contributed by atoms with Gasteiger partial charge in [-0.3, -0.25) is 14.4 Å². The van der Waals surface area contributed by atoms with E-state index in [1.54, 1.807) is 18.8 Å². The number of anilines is 2. The summed E-state index contributed by atoms with van der Waals surface area (Å²) in [6.07, 6.45) is -2.31.